The monoisotopic (exact) mass is 311 g/mol. The van der Waals surface area contributed by atoms with Crippen molar-refractivity contribution >= 4 is 29.2 Å². The van der Waals surface area contributed by atoms with Gasteiger partial charge in [0.2, 0.25) is 0 Å². The Morgan fingerprint density at radius 3 is 2.76 bits per heavy atom. The summed E-state index contributed by atoms with van der Waals surface area (Å²) in [6, 6.07) is -0.0203. The van der Waals surface area contributed by atoms with E-state index in [0.29, 0.717) is 5.82 Å². The van der Waals surface area contributed by atoms with Gasteiger partial charge in [-0.05, 0) is 46.5 Å². The third-order valence-corrected chi connectivity index (χ3v) is 3.44. The zero-order chi connectivity index (χ0) is 15.6. The van der Waals surface area contributed by atoms with Crippen molar-refractivity contribution in [1.82, 2.24) is 9.97 Å². The highest BCUT2D eigenvalue weighted by atomic mass is 35.5. The first-order valence-electron chi connectivity index (χ1n) is 6.89. The van der Waals surface area contributed by atoms with Crippen molar-refractivity contribution in [3.8, 4) is 0 Å². The molecule has 1 atom stereocenters. The summed E-state index contributed by atoms with van der Waals surface area (Å²) >= 11 is 5.94. The summed E-state index contributed by atoms with van der Waals surface area (Å²) in [6.45, 7) is 5.46. The smallest absolute Gasteiger partial charge is 0.416 e. The molecule has 0 bridgehead atoms. The maximum atomic E-state index is 12.5. The number of hydrogen-bond donors (Lipinski definition) is 1. The van der Waals surface area contributed by atoms with Crippen molar-refractivity contribution < 1.29 is 9.53 Å². The summed E-state index contributed by atoms with van der Waals surface area (Å²) < 4.78 is 5.48. The second-order valence-corrected chi connectivity index (χ2v) is 6.37. The van der Waals surface area contributed by atoms with Gasteiger partial charge in [-0.1, -0.05) is 11.6 Å². The quantitative estimate of drug-likeness (QED) is 0.848. The van der Waals surface area contributed by atoms with E-state index in [9.17, 15) is 4.79 Å². The second kappa shape index (κ2) is 6.05. The van der Waals surface area contributed by atoms with Crippen molar-refractivity contribution in [2.45, 2.75) is 51.7 Å². The topological polar surface area (TPSA) is 81.3 Å². The summed E-state index contributed by atoms with van der Waals surface area (Å²) in [4.78, 5) is 22.0. The highest BCUT2D eigenvalue weighted by molar-refractivity contribution is 6.32. The Morgan fingerprint density at radius 1 is 1.48 bits per heavy atom. The van der Waals surface area contributed by atoms with Crippen molar-refractivity contribution in [2.24, 2.45) is 0 Å². The predicted molar refractivity (Wildman–Crippen MR) is 82.1 cm³/mol. The van der Waals surface area contributed by atoms with E-state index in [-0.39, 0.29) is 16.9 Å². The molecule has 0 spiro atoms. The molecule has 21 heavy (non-hydrogen) atoms. The second-order valence-electron chi connectivity index (χ2n) is 6.01. The summed E-state index contributed by atoms with van der Waals surface area (Å²) in [5.41, 5.74) is 5.53. The fraction of sp³-hybridized carbons (Fsp3) is 0.571. The van der Waals surface area contributed by atoms with Gasteiger partial charge in [-0.25, -0.2) is 14.8 Å². The molecular formula is C14H20ClN4O2. The highest BCUT2D eigenvalue weighted by Gasteiger charge is 2.34. The van der Waals surface area contributed by atoms with Crippen LogP contribution in [0.15, 0.2) is 6.33 Å². The fourth-order valence-electron chi connectivity index (χ4n) is 2.25. The average molecular weight is 312 g/mol. The summed E-state index contributed by atoms with van der Waals surface area (Å²) in [5.74, 6) is 0.310. The number of anilines is 2. The van der Waals surface area contributed by atoms with Gasteiger partial charge in [0.25, 0.3) is 0 Å². The molecule has 0 saturated heterocycles. The lowest BCUT2D eigenvalue weighted by atomic mass is 10.2. The number of nitrogens with zero attached hydrogens (tertiary/aromatic N) is 3. The van der Waals surface area contributed by atoms with Crippen molar-refractivity contribution in [3.63, 3.8) is 0 Å². The molecular weight excluding hydrogens is 292 g/mol. The molecule has 1 radical (unpaired) electrons. The van der Waals surface area contributed by atoms with Gasteiger partial charge < -0.3 is 10.5 Å². The summed E-state index contributed by atoms with van der Waals surface area (Å²) in [5, 5.41) is 0.135. The minimum absolute atomic E-state index is 0.0203. The van der Waals surface area contributed by atoms with Gasteiger partial charge in [-0.2, -0.15) is 0 Å². The van der Waals surface area contributed by atoms with Crippen LogP contribution in [0, 0.1) is 6.42 Å². The van der Waals surface area contributed by atoms with E-state index in [1.54, 1.807) is 0 Å². The summed E-state index contributed by atoms with van der Waals surface area (Å²) in [6.07, 6.45) is 5.54. The first-order valence-corrected chi connectivity index (χ1v) is 7.27. The first-order chi connectivity index (χ1) is 9.79. The van der Waals surface area contributed by atoms with Gasteiger partial charge >= 0.3 is 6.09 Å². The Kier molecular flexibility index (Phi) is 4.56. The minimum atomic E-state index is -0.594. The van der Waals surface area contributed by atoms with Crippen molar-refractivity contribution in [1.29, 1.82) is 0 Å². The number of nitrogen functional groups attached to an aromatic ring is 1. The molecule has 1 aliphatic rings. The zero-order valence-corrected chi connectivity index (χ0v) is 13.2. The Hall–Kier alpha value is -1.56. The molecule has 7 heteroatoms. The molecule has 1 amide bonds. The molecule has 1 saturated carbocycles. The van der Waals surface area contributed by atoms with Crippen LogP contribution in [0.25, 0.3) is 0 Å². The number of halogens is 1. The lowest BCUT2D eigenvalue weighted by Crippen LogP contribution is -2.43. The van der Waals surface area contributed by atoms with Crippen LogP contribution in [0.3, 0.4) is 0 Å². The number of aromatic nitrogens is 2. The molecule has 1 fully saturated rings. The fourth-order valence-corrected chi connectivity index (χ4v) is 2.38. The van der Waals surface area contributed by atoms with Gasteiger partial charge in [-0.3, -0.25) is 4.90 Å². The first kappa shape index (κ1) is 15.8. The molecule has 1 aliphatic carbocycles. The van der Waals surface area contributed by atoms with E-state index in [2.05, 4.69) is 16.4 Å². The van der Waals surface area contributed by atoms with Crippen LogP contribution in [0.1, 0.15) is 40.0 Å². The van der Waals surface area contributed by atoms with E-state index in [1.807, 2.05) is 20.8 Å². The SMILES string of the molecule is CC(C)(C)OC(=O)N(c1ncnc(Cl)c1N)C1C[CH]CC1. The molecule has 115 valence electrons. The number of hydrogen-bond acceptors (Lipinski definition) is 5. The third kappa shape index (κ3) is 3.75. The number of carbonyl (C=O) groups excluding carboxylic acids is 1. The highest BCUT2D eigenvalue weighted by Crippen LogP contribution is 2.33. The van der Waals surface area contributed by atoms with Crippen LogP contribution in [0.5, 0.6) is 0 Å². The number of amides is 1. The normalized spacial score (nSPS) is 16.0. The van der Waals surface area contributed by atoms with E-state index in [4.69, 9.17) is 22.1 Å². The molecule has 1 unspecified atom stereocenters. The van der Waals surface area contributed by atoms with Gasteiger partial charge in [0.15, 0.2) is 11.0 Å². The number of ether oxygens (including phenoxy) is 1. The van der Waals surface area contributed by atoms with E-state index in [1.165, 1.54) is 11.2 Å². The van der Waals surface area contributed by atoms with Gasteiger partial charge in [-0.15, -0.1) is 0 Å². The maximum absolute atomic E-state index is 12.5. The molecule has 0 aromatic carbocycles. The number of rotatable bonds is 2. The maximum Gasteiger partial charge on any atom is 0.416 e. The third-order valence-electron chi connectivity index (χ3n) is 3.14. The number of nitrogens with two attached hydrogens (primary N) is 1. The van der Waals surface area contributed by atoms with Crippen LogP contribution in [0.4, 0.5) is 16.3 Å². The molecule has 0 aliphatic heterocycles. The number of carbonyl (C=O) groups is 1. The van der Waals surface area contributed by atoms with Gasteiger partial charge in [0.05, 0.1) is 0 Å². The largest absolute Gasteiger partial charge is 0.443 e. The van der Waals surface area contributed by atoms with E-state index < -0.39 is 11.7 Å². The van der Waals surface area contributed by atoms with Crippen LogP contribution in [-0.4, -0.2) is 27.7 Å². The Morgan fingerprint density at radius 2 is 2.19 bits per heavy atom. The lowest BCUT2D eigenvalue weighted by Gasteiger charge is -2.31. The lowest BCUT2D eigenvalue weighted by molar-refractivity contribution is 0.0565. The Labute approximate surface area is 129 Å². The average Bonchev–Trinajstić information content (AvgIpc) is 2.86. The van der Waals surface area contributed by atoms with Gasteiger partial charge in [0, 0.05) is 6.04 Å². The molecule has 2 N–H and O–H groups in total. The van der Waals surface area contributed by atoms with E-state index in [0.717, 1.165) is 19.3 Å². The van der Waals surface area contributed by atoms with Gasteiger partial charge in [0.1, 0.15) is 17.6 Å². The van der Waals surface area contributed by atoms with Crippen molar-refractivity contribution in [2.75, 3.05) is 10.6 Å². The molecule has 1 aromatic rings. The molecule has 2 rings (SSSR count). The van der Waals surface area contributed by atoms with Crippen LogP contribution >= 0.6 is 11.6 Å². The van der Waals surface area contributed by atoms with Crippen LogP contribution < -0.4 is 10.6 Å². The molecule has 1 aromatic heterocycles. The standard InChI is InChI=1S/C14H20ClN4O2/c1-14(2,3)21-13(20)19(9-6-4-5-7-9)12-10(16)11(15)17-8-18-12/h4,8-9H,5-7,16H2,1-3H3. The van der Waals surface area contributed by atoms with Crippen LogP contribution in [0.2, 0.25) is 5.15 Å². The Balaban J connectivity index is 2.36. The molecule has 6 nitrogen and oxygen atoms in total. The van der Waals surface area contributed by atoms with Crippen LogP contribution in [-0.2, 0) is 4.74 Å². The zero-order valence-electron chi connectivity index (χ0n) is 12.5. The summed E-state index contributed by atoms with van der Waals surface area (Å²) in [7, 11) is 0. The minimum Gasteiger partial charge on any atom is -0.443 e. The molecule has 1 heterocycles. The Bertz CT molecular complexity index is 524. The van der Waals surface area contributed by atoms with Crippen molar-refractivity contribution in [3.05, 3.63) is 17.9 Å². The predicted octanol–water partition coefficient (Wildman–Crippen LogP) is 3.21. The van der Waals surface area contributed by atoms with E-state index >= 15 is 0 Å².